The Hall–Kier alpha value is -2.99. The highest BCUT2D eigenvalue weighted by molar-refractivity contribution is 5.81. The van der Waals surface area contributed by atoms with Crippen LogP contribution in [-0.4, -0.2) is 44.8 Å². The van der Waals surface area contributed by atoms with E-state index < -0.39 is 0 Å². The van der Waals surface area contributed by atoms with Crippen LogP contribution in [0.5, 0.6) is 11.5 Å². The first kappa shape index (κ1) is 19.3. The van der Waals surface area contributed by atoms with Gasteiger partial charge in [0, 0.05) is 12.8 Å². The van der Waals surface area contributed by atoms with Gasteiger partial charge >= 0.3 is 0 Å². The van der Waals surface area contributed by atoms with E-state index in [1.165, 1.54) is 17.7 Å². The van der Waals surface area contributed by atoms with E-state index in [0.29, 0.717) is 6.54 Å². The van der Waals surface area contributed by atoms with Crippen LogP contribution < -0.4 is 19.8 Å². The summed E-state index contributed by atoms with van der Waals surface area (Å²) in [6.45, 7) is 2.67. The molecule has 2 aliphatic heterocycles. The molecule has 1 fully saturated rings. The van der Waals surface area contributed by atoms with Crippen LogP contribution in [0.4, 0.5) is 0 Å². The fourth-order valence-corrected chi connectivity index (χ4v) is 4.02. The third-order valence-electron chi connectivity index (χ3n) is 5.68. The lowest BCUT2D eigenvalue weighted by atomic mass is 10.0. The number of nitrogens with one attached hydrogen (secondary N) is 2. The van der Waals surface area contributed by atoms with Gasteiger partial charge in [-0.25, -0.2) is 5.01 Å². The van der Waals surface area contributed by atoms with Gasteiger partial charge in [-0.2, -0.15) is 0 Å². The first-order chi connectivity index (χ1) is 14.2. The molecule has 2 aromatic carbocycles. The zero-order valence-electron chi connectivity index (χ0n) is 17.0. The van der Waals surface area contributed by atoms with Crippen LogP contribution in [0.2, 0.25) is 0 Å². The molecule has 6 heteroatoms. The minimum atomic E-state index is -0.160. The van der Waals surface area contributed by atoms with Crippen molar-refractivity contribution in [2.24, 2.45) is 0 Å². The first-order valence-electron chi connectivity index (χ1n) is 10.1. The van der Waals surface area contributed by atoms with Gasteiger partial charge in [-0.15, -0.1) is 0 Å². The predicted molar refractivity (Wildman–Crippen MR) is 111 cm³/mol. The molecule has 2 heterocycles. The Morgan fingerprint density at radius 1 is 1.00 bits per heavy atom. The lowest BCUT2D eigenvalue weighted by Crippen LogP contribution is -3.11. The minimum absolute atomic E-state index is 0.113. The molecule has 0 unspecified atom stereocenters. The van der Waals surface area contributed by atoms with E-state index in [1.54, 1.807) is 19.2 Å². The van der Waals surface area contributed by atoms with Crippen LogP contribution in [0.15, 0.2) is 54.6 Å². The first-order valence-corrected chi connectivity index (χ1v) is 10.1. The normalized spacial score (nSPS) is 19.0. The summed E-state index contributed by atoms with van der Waals surface area (Å²) in [5, 5.41) is 1.77. The standard InChI is InChI=1S/C23H27N3O3/c1-28-19-9-5-17(6-10-19)21-15-22(18-7-11-20(29-2)12-8-18)26(24-21)23(27)16-25-13-3-4-14-25/h5-12,15,22,24H,3-4,13-14,16H2,1-2H3/p+1/t22-/m1/s1. The average Bonchev–Trinajstić information content (AvgIpc) is 3.44. The molecular formula is C23H28N3O3+. The molecule has 0 aliphatic carbocycles. The molecule has 1 saturated heterocycles. The molecule has 6 nitrogen and oxygen atoms in total. The Bertz CT molecular complexity index is 871. The number of hydrogen-bond donors (Lipinski definition) is 2. The second kappa shape index (κ2) is 8.57. The van der Waals surface area contributed by atoms with Gasteiger partial charge in [0.25, 0.3) is 5.91 Å². The number of rotatable bonds is 6. The summed E-state index contributed by atoms with van der Waals surface area (Å²) < 4.78 is 10.5. The Kier molecular flexibility index (Phi) is 5.71. The molecule has 4 rings (SSSR count). The number of likely N-dealkylation sites (tertiary alicyclic amines) is 1. The summed E-state index contributed by atoms with van der Waals surface area (Å²) in [5.74, 6) is 1.73. The van der Waals surface area contributed by atoms with Crippen molar-refractivity contribution in [3.63, 3.8) is 0 Å². The number of carbonyl (C=O) groups excluding carboxylic acids is 1. The highest BCUT2D eigenvalue weighted by Gasteiger charge is 2.33. The van der Waals surface area contributed by atoms with E-state index in [-0.39, 0.29) is 11.9 Å². The van der Waals surface area contributed by atoms with Gasteiger partial charge in [0.05, 0.1) is 39.0 Å². The van der Waals surface area contributed by atoms with Gasteiger partial charge in [0.15, 0.2) is 6.54 Å². The molecule has 1 atom stereocenters. The van der Waals surface area contributed by atoms with Gasteiger partial charge in [0.1, 0.15) is 11.5 Å². The molecule has 29 heavy (non-hydrogen) atoms. The molecular weight excluding hydrogens is 366 g/mol. The molecule has 2 aromatic rings. The van der Waals surface area contributed by atoms with Crippen LogP contribution in [0.25, 0.3) is 5.70 Å². The predicted octanol–water partition coefficient (Wildman–Crippen LogP) is 1.81. The monoisotopic (exact) mass is 394 g/mol. The van der Waals surface area contributed by atoms with Crippen molar-refractivity contribution in [1.82, 2.24) is 10.4 Å². The third kappa shape index (κ3) is 4.22. The van der Waals surface area contributed by atoms with Crippen LogP contribution in [0.3, 0.4) is 0 Å². The van der Waals surface area contributed by atoms with Gasteiger partial charge in [-0.05, 0) is 53.6 Å². The summed E-state index contributed by atoms with van der Waals surface area (Å²) in [6, 6.07) is 15.6. The Balaban J connectivity index is 1.60. The molecule has 2 N–H and O–H groups in total. The number of methoxy groups -OCH3 is 2. The van der Waals surface area contributed by atoms with E-state index in [9.17, 15) is 4.79 Å². The van der Waals surface area contributed by atoms with Crippen molar-refractivity contribution in [1.29, 1.82) is 0 Å². The van der Waals surface area contributed by atoms with Gasteiger partial charge in [-0.3, -0.25) is 10.2 Å². The summed E-state index contributed by atoms with van der Waals surface area (Å²) in [5.41, 5.74) is 6.35. The fourth-order valence-electron chi connectivity index (χ4n) is 4.02. The van der Waals surface area contributed by atoms with Crippen LogP contribution in [-0.2, 0) is 4.79 Å². The van der Waals surface area contributed by atoms with Gasteiger partial charge in [0.2, 0.25) is 0 Å². The van der Waals surface area contributed by atoms with Crippen molar-refractivity contribution in [3.05, 3.63) is 65.7 Å². The summed E-state index contributed by atoms with van der Waals surface area (Å²) in [7, 11) is 3.31. The maximum absolute atomic E-state index is 13.2. The van der Waals surface area contributed by atoms with E-state index >= 15 is 0 Å². The third-order valence-corrected chi connectivity index (χ3v) is 5.68. The van der Waals surface area contributed by atoms with Crippen molar-refractivity contribution in [2.45, 2.75) is 18.9 Å². The molecule has 0 bridgehead atoms. The fraction of sp³-hybridized carbons (Fsp3) is 0.348. The maximum atomic E-state index is 13.2. The summed E-state index contributed by atoms with van der Waals surface area (Å²) >= 11 is 0. The van der Waals surface area contributed by atoms with Gasteiger partial charge in [-0.1, -0.05) is 12.1 Å². The van der Waals surface area contributed by atoms with E-state index in [1.807, 2.05) is 48.5 Å². The highest BCUT2D eigenvalue weighted by atomic mass is 16.5. The second-order valence-electron chi connectivity index (χ2n) is 7.54. The zero-order chi connectivity index (χ0) is 20.2. The number of amides is 1. The number of carbonyl (C=O) groups is 1. The SMILES string of the molecule is COc1ccc(C2=C[C@H](c3ccc(OC)cc3)N(C(=O)C[NH+]3CCCC3)N2)cc1. The number of nitrogens with zero attached hydrogens (tertiary/aromatic N) is 1. The largest absolute Gasteiger partial charge is 0.497 e. The molecule has 0 aromatic heterocycles. The lowest BCUT2D eigenvalue weighted by Gasteiger charge is -2.26. The van der Waals surface area contributed by atoms with Crippen LogP contribution >= 0.6 is 0 Å². The molecule has 0 spiro atoms. The van der Waals surface area contributed by atoms with E-state index in [4.69, 9.17) is 9.47 Å². The van der Waals surface area contributed by atoms with Crippen molar-refractivity contribution in [3.8, 4) is 11.5 Å². The second-order valence-corrected chi connectivity index (χ2v) is 7.54. The summed E-state index contributed by atoms with van der Waals surface area (Å²) in [6.07, 6.45) is 4.52. The van der Waals surface area contributed by atoms with Crippen molar-refractivity contribution >= 4 is 11.6 Å². The average molecular weight is 394 g/mol. The van der Waals surface area contributed by atoms with E-state index in [0.717, 1.165) is 41.4 Å². The Labute approximate surface area is 171 Å². The quantitative estimate of drug-likeness (QED) is 0.785. The molecule has 0 saturated carbocycles. The van der Waals surface area contributed by atoms with Crippen LogP contribution in [0, 0.1) is 0 Å². The van der Waals surface area contributed by atoms with E-state index in [2.05, 4.69) is 11.5 Å². The number of quaternary nitrogens is 1. The Morgan fingerprint density at radius 2 is 1.59 bits per heavy atom. The molecule has 1 amide bonds. The minimum Gasteiger partial charge on any atom is -0.497 e. The number of ether oxygens (including phenoxy) is 2. The smallest absolute Gasteiger partial charge is 0.296 e. The van der Waals surface area contributed by atoms with Gasteiger partial charge < -0.3 is 14.4 Å². The zero-order valence-corrected chi connectivity index (χ0v) is 17.0. The van der Waals surface area contributed by atoms with Crippen molar-refractivity contribution < 1.29 is 19.2 Å². The maximum Gasteiger partial charge on any atom is 0.296 e. The summed E-state index contributed by atoms with van der Waals surface area (Å²) in [4.78, 5) is 14.5. The molecule has 152 valence electrons. The highest BCUT2D eigenvalue weighted by Crippen LogP contribution is 2.32. The lowest BCUT2D eigenvalue weighted by molar-refractivity contribution is -0.879. The molecule has 2 aliphatic rings. The van der Waals surface area contributed by atoms with Crippen LogP contribution in [0.1, 0.15) is 30.0 Å². The van der Waals surface area contributed by atoms with Crippen molar-refractivity contribution in [2.75, 3.05) is 33.9 Å². The molecule has 0 radical (unpaired) electrons. The Morgan fingerprint density at radius 3 is 2.17 bits per heavy atom. The topological polar surface area (TPSA) is 55.2 Å². The number of hydrogen-bond acceptors (Lipinski definition) is 4. The number of benzene rings is 2. The number of hydrazine groups is 1.